The highest BCUT2D eigenvalue weighted by Gasteiger charge is 2.08. The van der Waals surface area contributed by atoms with E-state index >= 15 is 0 Å². The van der Waals surface area contributed by atoms with Crippen LogP contribution in [0.4, 0.5) is 4.39 Å². The zero-order valence-corrected chi connectivity index (χ0v) is 8.72. The van der Waals surface area contributed by atoms with Gasteiger partial charge in [0.25, 0.3) is 5.91 Å². The summed E-state index contributed by atoms with van der Waals surface area (Å²) in [4.78, 5) is 11.6. The molecule has 0 bridgehead atoms. The minimum atomic E-state index is -0.324. The van der Waals surface area contributed by atoms with E-state index in [0.29, 0.717) is 17.7 Å². The van der Waals surface area contributed by atoms with Gasteiger partial charge in [0, 0.05) is 12.1 Å². The van der Waals surface area contributed by atoms with Crippen molar-refractivity contribution < 1.29 is 9.18 Å². The number of aryl methyl sites for hydroxylation is 1. The molecule has 0 atom stereocenters. The predicted octanol–water partition coefficient (Wildman–Crippen LogP) is 2.44. The molecule has 2 nitrogen and oxygen atoms in total. The summed E-state index contributed by atoms with van der Waals surface area (Å²) >= 11 is 0. The Hall–Kier alpha value is -1.64. The molecule has 1 aromatic carbocycles. The Balaban J connectivity index is 2.69. The molecule has 0 saturated carbocycles. The van der Waals surface area contributed by atoms with Gasteiger partial charge in [-0.1, -0.05) is 6.08 Å². The third kappa shape index (κ3) is 3.20. The Morgan fingerprint density at radius 1 is 1.60 bits per heavy atom. The Morgan fingerprint density at radius 3 is 2.93 bits per heavy atom. The van der Waals surface area contributed by atoms with Crippen molar-refractivity contribution >= 4 is 5.91 Å². The van der Waals surface area contributed by atoms with Gasteiger partial charge in [0.1, 0.15) is 5.82 Å². The number of nitrogens with one attached hydrogen (secondary N) is 1. The van der Waals surface area contributed by atoms with Crippen molar-refractivity contribution in [2.24, 2.45) is 0 Å². The van der Waals surface area contributed by atoms with Crippen molar-refractivity contribution in [3.63, 3.8) is 0 Å². The zero-order chi connectivity index (χ0) is 11.3. The van der Waals surface area contributed by atoms with Crippen LogP contribution in [0.1, 0.15) is 22.3 Å². The second-order valence-corrected chi connectivity index (χ2v) is 3.29. The van der Waals surface area contributed by atoms with Gasteiger partial charge in [0.2, 0.25) is 0 Å². The van der Waals surface area contributed by atoms with E-state index in [1.54, 1.807) is 13.0 Å². The topological polar surface area (TPSA) is 29.1 Å². The molecule has 0 fully saturated rings. The van der Waals surface area contributed by atoms with E-state index in [1.807, 2.05) is 0 Å². The predicted molar refractivity (Wildman–Crippen MR) is 58.3 cm³/mol. The first-order valence-corrected chi connectivity index (χ1v) is 4.80. The second kappa shape index (κ2) is 5.29. The minimum Gasteiger partial charge on any atom is -0.352 e. The van der Waals surface area contributed by atoms with Crippen LogP contribution in [0.2, 0.25) is 0 Å². The lowest BCUT2D eigenvalue weighted by Crippen LogP contribution is -2.24. The first-order chi connectivity index (χ1) is 7.15. The maximum atomic E-state index is 12.8. The molecule has 0 spiro atoms. The SMILES string of the molecule is C=CCCNC(=O)c1ccc(F)cc1C. The highest BCUT2D eigenvalue weighted by atomic mass is 19.1. The van der Waals surface area contributed by atoms with Gasteiger partial charge in [-0.25, -0.2) is 4.39 Å². The summed E-state index contributed by atoms with van der Waals surface area (Å²) in [5.74, 6) is -0.496. The molecule has 0 aliphatic carbocycles. The van der Waals surface area contributed by atoms with Crippen molar-refractivity contribution in [3.8, 4) is 0 Å². The van der Waals surface area contributed by atoms with Gasteiger partial charge in [0.15, 0.2) is 0 Å². The van der Waals surface area contributed by atoms with Gasteiger partial charge in [0.05, 0.1) is 0 Å². The first-order valence-electron chi connectivity index (χ1n) is 4.80. The van der Waals surface area contributed by atoms with Crippen LogP contribution in [0.25, 0.3) is 0 Å². The number of carbonyl (C=O) groups is 1. The van der Waals surface area contributed by atoms with Gasteiger partial charge in [-0.2, -0.15) is 0 Å². The summed E-state index contributed by atoms with van der Waals surface area (Å²) in [7, 11) is 0. The van der Waals surface area contributed by atoms with Gasteiger partial charge in [-0.3, -0.25) is 4.79 Å². The van der Waals surface area contributed by atoms with E-state index in [9.17, 15) is 9.18 Å². The van der Waals surface area contributed by atoms with Gasteiger partial charge in [-0.05, 0) is 37.1 Å². The molecule has 1 N–H and O–H groups in total. The highest BCUT2D eigenvalue weighted by Crippen LogP contribution is 2.09. The summed E-state index contributed by atoms with van der Waals surface area (Å²) in [6.45, 7) is 5.83. The molecule has 0 saturated heterocycles. The summed E-state index contributed by atoms with van der Waals surface area (Å²) in [5.41, 5.74) is 1.16. The van der Waals surface area contributed by atoms with Crippen LogP contribution in [0.3, 0.4) is 0 Å². The lowest BCUT2D eigenvalue weighted by molar-refractivity contribution is 0.0953. The third-order valence-electron chi connectivity index (χ3n) is 2.07. The largest absolute Gasteiger partial charge is 0.352 e. The zero-order valence-electron chi connectivity index (χ0n) is 8.72. The number of carbonyl (C=O) groups excluding carboxylic acids is 1. The van der Waals surface area contributed by atoms with Crippen molar-refractivity contribution in [1.82, 2.24) is 5.32 Å². The van der Waals surface area contributed by atoms with Crippen LogP contribution < -0.4 is 5.32 Å². The normalized spacial score (nSPS) is 9.73. The van der Waals surface area contributed by atoms with Crippen molar-refractivity contribution in [2.75, 3.05) is 6.54 Å². The molecule has 3 heteroatoms. The van der Waals surface area contributed by atoms with E-state index in [0.717, 1.165) is 6.42 Å². The lowest BCUT2D eigenvalue weighted by Gasteiger charge is -2.06. The fourth-order valence-electron chi connectivity index (χ4n) is 1.26. The molecule has 80 valence electrons. The molecule has 0 heterocycles. The molecule has 0 aliphatic rings. The van der Waals surface area contributed by atoms with Gasteiger partial charge < -0.3 is 5.32 Å². The molecule has 0 radical (unpaired) electrons. The maximum absolute atomic E-state index is 12.8. The van der Waals surface area contributed by atoms with Crippen LogP contribution in [0, 0.1) is 12.7 Å². The van der Waals surface area contributed by atoms with E-state index in [-0.39, 0.29) is 11.7 Å². The molecule has 15 heavy (non-hydrogen) atoms. The fraction of sp³-hybridized carbons (Fsp3) is 0.250. The molecule has 1 amide bonds. The number of benzene rings is 1. The monoisotopic (exact) mass is 207 g/mol. The Morgan fingerprint density at radius 2 is 2.33 bits per heavy atom. The average Bonchev–Trinajstić information content (AvgIpc) is 2.17. The molecule has 0 aliphatic heterocycles. The number of amides is 1. The Bertz CT molecular complexity index is 374. The quantitative estimate of drug-likeness (QED) is 0.596. The summed E-state index contributed by atoms with van der Waals surface area (Å²) in [6.07, 6.45) is 2.46. The van der Waals surface area contributed by atoms with Gasteiger partial charge >= 0.3 is 0 Å². The van der Waals surface area contributed by atoms with Gasteiger partial charge in [-0.15, -0.1) is 6.58 Å². The van der Waals surface area contributed by atoms with Crippen LogP contribution >= 0.6 is 0 Å². The first kappa shape index (κ1) is 11.4. The molecule has 0 aromatic heterocycles. The third-order valence-corrected chi connectivity index (χ3v) is 2.07. The van der Waals surface area contributed by atoms with Crippen LogP contribution in [-0.4, -0.2) is 12.5 Å². The molecular weight excluding hydrogens is 193 g/mol. The highest BCUT2D eigenvalue weighted by molar-refractivity contribution is 5.95. The maximum Gasteiger partial charge on any atom is 0.251 e. The van der Waals surface area contributed by atoms with Crippen molar-refractivity contribution in [2.45, 2.75) is 13.3 Å². The Labute approximate surface area is 88.8 Å². The number of hydrogen-bond donors (Lipinski definition) is 1. The standard InChI is InChI=1S/C12H14FNO/c1-3-4-7-14-12(15)11-6-5-10(13)8-9(11)2/h3,5-6,8H,1,4,7H2,2H3,(H,14,15). The molecule has 0 unspecified atom stereocenters. The van der Waals surface area contributed by atoms with Crippen LogP contribution in [0.5, 0.6) is 0 Å². The van der Waals surface area contributed by atoms with E-state index in [4.69, 9.17) is 0 Å². The lowest BCUT2D eigenvalue weighted by atomic mass is 10.1. The average molecular weight is 207 g/mol. The Kier molecular flexibility index (Phi) is 4.03. The smallest absolute Gasteiger partial charge is 0.251 e. The minimum absolute atomic E-state index is 0.172. The van der Waals surface area contributed by atoms with E-state index in [1.165, 1.54) is 18.2 Å². The van der Waals surface area contributed by atoms with E-state index in [2.05, 4.69) is 11.9 Å². The van der Waals surface area contributed by atoms with Crippen LogP contribution in [-0.2, 0) is 0 Å². The number of rotatable bonds is 4. The summed E-state index contributed by atoms with van der Waals surface area (Å²) in [6, 6.07) is 4.13. The van der Waals surface area contributed by atoms with E-state index < -0.39 is 0 Å². The second-order valence-electron chi connectivity index (χ2n) is 3.29. The van der Waals surface area contributed by atoms with Crippen molar-refractivity contribution in [1.29, 1.82) is 0 Å². The van der Waals surface area contributed by atoms with Crippen molar-refractivity contribution in [3.05, 3.63) is 47.8 Å². The fourth-order valence-corrected chi connectivity index (χ4v) is 1.26. The summed E-state index contributed by atoms with van der Waals surface area (Å²) in [5, 5.41) is 2.73. The molecular formula is C12H14FNO. The molecule has 1 aromatic rings. The number of halogens is 1. The molecule has 1 rings (SSSR count). The summed E-state index contributed by atoms with van der Waals surface area (Å²) < 4.78 is 12.8. The number of hydrogen-bond acceptors (Lipinski definition) is 1. The van der Waals surface area contributed by atoms with Crippen LogP contribution in [0.15, 0.2) is 30.9 Å².